The summed E-state index contributed by atoms with van der Waals surface area (Å²) in [4.78, 5) is 6.95. The molecular formula is C15H19N3. The predicted molar refractivity (Wildman–Crippen MR) is 74.7 cm³/mol. The molecule has 0 spiro atoms. The third-order valence-electron chi connectivity index (χ3n) is 3.65. The number of nitrogens with one attached hydrogen (secondary N) is 1. The molecule has 0 amide bonds. The van der Waals surface area contributed by atoms with Crippen LogP contribution in [0.2, 0.25) is 0 Å². The lowest BCUT2D eigenvalue weighted by Gasteiger charge is -2.30. The van der Waals surface area contributed by atoms with E-state index in [0.717, 1.165) is 26.1 Å². The largest absolute Gasteiger partial charge is 0.311 e. The molecule has 1 atom stereocenters. The fraction of sp³-hybridized carbons (Fsp3) is 0.400. The van der Waals surface area contributed by atoms with Crippen LogP contribution in [0, 0.1) is 0 Å². The topological polar surface area (TPSA) is 28.2 Å². The molecule has 0 aliphatic carbocycles. The highest BCUT2D eigenvalue weighted by molar-refractivity contribution is 5.84. The van der Waals surface area contributed by atoms with E-state index >= 15 is 0 Å². The number of hydrogen-bond acceptors (Lipinski definition) is 3. The summed E-state index contributed by atoms with van der Waals surface area (Å²) in [5.41, 5.74) is 1.21. The van der Waals surface area contributed by atoms with Gasteiger partial charge in [0.15, 0.2) is 0 Å². The minimum atomic E-state index is 0.516. The number of likely N-dealkylation sites (N-methyl/N-ethyl adjacent to an activating group) is 1. The van der Waals surface area contributed by atoms with Gasteiger partial charge in [-0.05, 0) is 18.5 Å². The molecule has 1 aromatic heterocycles. The van der Waals surface area contributed by atoms with E-state index in [-0.39, 0.29) is 0 Å². The van der Waals surface area contributed by atoms with Gasteiger partial charge in [-0.2, -0.15) is 0 Å². The molecule has 1 N–H and O–H groups in total. The van der Waals surface area contributed by atoms with Crippen LogP contribution < -0.4 is 5.32 Å². The van der Waals surface area contributed by atoms with E-state index < -0.39 is 0 Å². The molecule has 94 valence electrons. The second kappa shape index (κ2) is 5.04. The van der Waals surface area contributed by atoms with Crippen LogP contribution in [0.15, 0.2) is 36.5 Å². The molecular weight excluding hydrogens is 222 g/mol. The Morgan fingerprint density at radius 1 is 1.33 bits per heavy atom. The number of aromatic nitrogens is 1. The summed E-state index contributed by atoms with van der Waals surface area (Å²) in [6.07, 6.45) is 2.93. The number of fused-ring (bicyclic) bond motifs is 1. The molecule has 0 bridgehead atoms. The standard InChI is InChI=1S/C15H19N3/c1-18-9-8-16-13(11-18)10-15-14-5-3-2-4-12(14)6-7-17-15/h2-7,13,16H,8-11H2,1H3. The normalized spacial score (nSPS) is 21.3. The first kappa shape index (κ1) is 11.6. The summed E-state index contributed by atoms with van der Waals surface area (Å²) in [5, 5.41) is 6.15. The van der Waals surface area contributed by atoms with Gasteiger partial charge in [0, 0.05) is 49.4 Å². The van der Waals surface area contributed by atoms with Gasteiger partial charge < -0.3 is 10.2 Å². The lowest BCUT2D eigenvalue weighted by molar-refractivity contribution is 0.237. The SMILES string of the molecule is CN1CCNC(Cc2nccc3ccccc23)C1. The zero-order valence-electron chi connectivity index (χ0n) is 10.8. The van der Waals surface area contributed by atoms with Crippen molar-refractivity contribution in [3.05, 3.63) is 42.2 Å². The van der Waals surface area contributed by atoms with Gasteiger partial charge >= 0.3 is 0 Å². The Kier molecular flexibility index (Phi) is 3.26. The summed E-state index contributed by atoms with van der Waals surface area (Å²) in [7, 11) is 2.18. The molecule has 2 heterocycles. The molecule has 3 nitrogen and oxygen atoms in total. The smallest absolute Gasteiger partial charge is 0.0497 e. The molecule has 1 unspecified atom stereocenters. The average molecular weight is 241 g/mol. The van der Waals surface area contributed by atoms with Gasteiger partial charge in [-0.15, -0.1) is 0 Å². The highest BCUT2D eigenvalue weighted by atomic mass is 15.2. The monoisotopic (exact) mass is 241 g/mol. The maximum absolute atomic E-state index is 4.57. The number of rotatable bonds is 2. The van der Waals surface area contributed by atoms with Gasteiger partial charge in [0.25, 0.3) is 0 Å². The van der Waals surface area contributed by atoms with Gasteiger partial charge in [0.2, 0.25) is 0 Å². The van der Waals surface area contributed by atoms with Crippen LogP contribution in [0.4, 0.5) is 0 Å². The second-order valence-corrected chi connectivity index (χ2v) is 5.10. The molecule has 3 rings (SSSR count). The average Bonchev–Trinajstić information content (AvgIpc) is 2.39. The van der Waals surface area contributed by atoms with Crippen LogP contribution in [0.25, 0.3) is 10.8 Å². The second-order valence-electron chi connectivity index (χ2n) is 5.10. The number of hydrogen-bond donors (Lipinski definition) is 1. The highest BCUT2D eigenvalue weighted by Gasteiger charge is 2.17. The Labute approximate surface area is 108 Å². The molecule has 1 fully saturated rings. The van der Waals surface area contributed by atoms with Crippen molar-refractivity contribution in [1.82, 2.24) is 15.2 Å². The number of nitrogens with zero attached hydrogens (tertiary/aromatic N) is 2. The van der Waals surface area contributed by atoms with Crippen molar-refractivity contribution in [2.75, 3.05) is 26.7 Å². The Bertz CT molecular complexity index is 533. The summed E-state index contributed by atoms with van der Waals surface area (Å²) in [5.74, 6) is 0. The lowest BCUT2D eigenvalue weighted by Crippen LogP contribution is -2.50. The fourth-order valence-corrected chi connectivity index (χ4v) is 2.71. The Morgan fingerprint density at radius 3 is 3.11 bits per heavy atom. The van der Waals surface area contributed by atoms with Crippen molar-refractivity contribution in [1.29, 1.82) is 0 Å². The van der Waals surface area contributed by atoms with E-state index in [2.05, 4.69) is 52.6 Å². The van der Waals surface area contributed by atoms with Gasteiger partial charge in [-0.25, -0.2) is 0 Å². The van der Waals surface area contributed by atoms with E-state index in [1.807, 2.05) is 6.20 Å². The third-order valence-corrected chi connectivity index (χ3v) is 3.65. The van der Waals surface area contributed by atoms with Crippen LogP contribution in [0.5, 0.6) is 0 Å². The Morgan fingerprint density at radius 2 is 2.22 bits per heavy atom. The zero-order valence-corrected chi connectivity index (χ0v) is 10.8. The van der Waals surface area contributed by atoms with Gasteiger partial charge in [-0.3, -0.25) is 4.98 Å². The molecule has 1 aliphatic heterocycles. The van der Waals surface area contributed by atoms with E-state index in [0.29, 0.717) is 6.04 Å². The first-order chi connectivity index (χ1) is 8.83. The predicted octanol–water partition coefficient (Wildman–Crippen LogP) is 1.68. The molecule has 18 heavy (non-hydrogen) atoms. The molecule has 1 aromatic carbocycles. The molecule has 1 aliphatic rings. The highest BCUT2D eigenvalue weighted by Crippen LogP contribution is 2.18. The van der Waals surface area contributed by atoms with Crippen molar-refractivity contribution >= 4 is 10.8 Å². The van der Waals surface area contributed by atoms with Crippen molar-refractivity contribution in [2.45, 2.75) is 12.5 Å². The quantitative estimate of drug-likeness (QED) is 0.867. The number of pyridine rings is 1. The summed E-state index contributed by atoms with van der Waals surface area (Å²) in [6, 6.07) is 11.1. The summed E-state index contributed by atoms with van der Waals surface area (Å²) in [6.45, 7) is 3.32. The van der Waals surface area contributed by atoms with Gasteiger partial charge in [0.1, 0.15) is 0 Å². The van der Waals surface area contributed by atoms with Crippen LogP contribution in [-0.4, -0.2) is 42.6 Å². The Hall–Kier alpha value is -1.45. The van der Waals surface area contributed by atoms with E-state index in [1.165, 1.54) is 16.5 Å². The third kappa shape index (κ3) is 2.37. The minimum absolute atomic E-state index is 0.516. The van der Waals surface area contributed by atoms with E-state index in [4.69, 9.17) is 0 Å². The van der Waals surface area contributed by atoms with Crippen LogP contribution in [0.1, 0.15) is 5.69 Å². The van der Waals surface area contributed by atoms with E-state index in [1.54, 1.807) is 0 Å². The number of piperazine rings is 1. The first-order valence-corrected chi connectivity index (χ1v) is 6.57. The molecule has 2 aromatic rings. The minimum Gasteiger partial charge on any atom is -0.311 e. The molecule has 1 saturated heterocycles. The molecule has 0 saturated carbocycles. The maximum atomic E-state index is 4.57. The van der Waals surface area contributed by atoms with Gasteiger partial charge in [-0.1, -0.05) is 24.3 Å². The van der Waals surface area contributed by atoms with Crippen LogP contribution >= 0.6 is 0 Å². The van der Waals surface area contributed by atoms with Crippen molar-refractivity contribution in [2.24, 2.45) is 0 Å². The van der Waals surface area contributed by atoms with E-state index in [9.17, 15) is 0 Å². The van der Waals surface area contributed by atoms with Gasteiger partial charge in [0.05, 0.1) is 0 Å². The summed E-state index contributed by atoms with van der Waals surface area (Å²) < 4.78 is 0. The van der Waals surface area contributed by atoms with Crippen LogP contribution in [0.3, 0.4) is 0 Å². The molecule has 0 radical (unpaired) electrons. The van der Waals surface area contributed by atoms with Crippen molar-refractivity contribution in [3.8, 4) is 0 Å². The van der Waals surface area contributed by atoms with Crippen molar-refractivity contribution in [3.63, 3.8) is 0 Å². The lowest BCUT2D eigenvalue weighted by atomic mass is 10.0. The maximum Gasteiger partial charge on any atom is 0.0497 e. The first-order valence-electron chi connectivity index (χ1n) is 6.57. The molecule has 3 heteroatoms. The fourth-order valence-electron chi connectivity index (χ4n) is 2.71. The number of benzene rings is 1. The van der Waals surface area contributed by atoms with Crippen molar-refractivity contribution < 1.29 is 0 Å². The zero-order chi connectivity index (χ0) is 12.4. The van der Waals surface area contributed by atoms with Crippen LogP contribution in [-0.2, 0) is 6.42 Å². The Balaban J connectivity index is 1.86. The summed E-state index contributed by atoms with van der Waals surface area (Å²) >= 11 is 0.